The summed E-state index contributed by atoms with van der Waals surface area (Å²) >= 11 is 0. The smallest absolute Gasteiger partial charge is 0.243 e. The number of aryl methyl sites for hydroxylation is 1. The predicted octanol–water partition coefficient (Wildman–Crippen LogP) is 1.84. The molecule has 2 heterocycles. The van der Waals surface area contributed by atoms with E-state index in [2.05, 4.69) is 5.32 Å². The zero-order chi connectivity index (χ0) is 14.9. The Labute approximate surface area is 126 Å². The van der Waals surface area contributed by atoms with Crippen molar-refractivity contribution < 1.29 is 13.2 Å². The Bertz CT molecular complexity index is 615. The molecule has 0 saturated carbocycles. The van der Waals surface area contributed by atoms with Gasteiger partial charge in [0.2, 0.25) is 10.0 Å². The molecule has 3 rings (SSSR count). The molecule has 0 aliphatic carbocycles. The van der Waals surface area contributed by atoms with Crippen LogP contribution in [0.1, 0.15) is 25.3 Å². The van der Waals surface area contributed by atoms with Crippen molar-refractivity contribution in [3.05, 3.63) is 23.8 Å². The van der Waals surface area contributed by atoms with E-state index < -0.39 is 10.0 Å². The molecular formula is C15H22N2O3S. The minimum atomic E-state index is -3.44. The number of nitrogens with zero attached hydrogens (tertiary/aromatic N) is 1. The van der Waals surface area contributed by atoms with E-state index in [-0.39, 0.29) is 6.04 Å². The second-order valence-corrected chi connectivity index (χ2v) is 7.49. The number of anilines is 1. The average Bonchev–Trinajstić information content (AvgIpc) is 2.54. The Morgan fingerprint density at radius 2 is 2.29 bits per heavy atom. The highest BCUT2D eigenvalue weighted by atomic mass is 32.2. The zero-order valence-electron chi connectivity index (χ0n) is 12.3. The van der Waals surface area contributed by atoms with Crippen LogP contribution in [0.15, 0.2) is 23.1 Å². The minimum absolute atomic E-state index is 0.0623. The van der Waals surface area contributed by atoms with Gasteiger partial charge in [0.15, 0.2) is 0 Å². The molecule has 1 aromatic rings. The van der Waals surface area contributed by atoms with Gasteiger partial charge in [0.1, 0.15) is 0 Å². The summed E-state index contributed by atoms with van der Waals surface area (Å²) in [6.45, 7) is 4.30. The molecule has 6 heteroatoms. The summed E-state index contributed by atoms with van der Waals surface area (Å²) in [4.78, 5) is 0.385. The van der Waals surface area contributed by atoms with Crippen molar-refractivity contribution in [3.63, 3.8) is 0 Å². The maximum Gasteiger partial charge on any atom is 0.243 e. The van der Waals surface area contributed by atoms with Gasteiger partial charge in [-0.2, -0.15) is 4.31 Å². The highest BCUT2D eigenvalue weighted by Gasteiger charge is 2.33. The van der Waals surface area contributed by atoms with Gasteiger partial charge in [-0.25, -0.2) is 8.42 Å². The molecule has 1 fully saturated rings. The molecule has 0 radical (unpaired) electrons. The summed E-state index contributed by atoms with van der Waals surface area (Å²) in [6, 6.07) is 5.40. The third-order valence-corrected chi connectivity index (χ3v) is 6.22. The number of nitrogens with one attached hydrogen (secondary N) is 1. The number of rotatable bonds is 3. The summed E-state index contributed by atoms with van der Waals surface area (Å²) in [6.07, 6.45) is 2.88. The Hall–Kier alpha value is -1.11. The second-order valence-electron chi connectivity index (χ2n) is 5.60. The van der Waals surface area contributed by atoms with Crippen molar-refractivity contribution in [2.24, 2.45) is 0 Å². The van der Waals surface area contributed by atoms with Crippen LogP contribution in [0.3, 0.4) is 0 Å². The topological polar surface area (TPSA) is 58.6 Å². The van der Waals surface area contributed by atoms with Gasteiger partial charge in [-0.05, 0) is 37.0 Å². The number of sulfonamides is 1. The van der Waals surface area contributed by atoms with Crippen molar-refractivity contribution >= 4 is 15.7 Å². The minimum Gasteiger partial charge on any atom is -0.385 e. The molecule has 5 nitrogen and oxygen atoms in total. The molecule has 2 aliphatic heterocycles. The molecule has 21 heavy (non-hydrogen) atoms. The number of benzene rings is 1. The highest BCUT2D eigenvalue weighted by Crippen LogP contribution is 2.28. The Kier molecular flexibility index (Phi) is 4.19. The molecule has 0 amide bonds. The quantitative estimate of drug-likeness (QED) is 0.925. The standard InChI is InChI=1S/C15H22N2O3S/c1-2-13-11-20-9-8-17(13)21(18,19)14-6-5-12-4-3-7-16-15(12)10-14/h5-6,10,13,16H,2-4,7-9,11H2,1H3. The maximum absolute atomic E-state index is 12.9. The first kappa shape index (κ1) is 14.8. The van der Waals surface area contributed by atoms with Crippen LogP contribution < -0.4 is 5.32 Å². The van der Waals surface area contributed by atoms with E-state index in [0.717, 1.165) is 31.5 Å². The lowest BCUT2D eigenvalue weighted by molar-refractivity contribution is 0.0314. The van der Waals surface area contributed by atoms with Crippen LogP contribution in [0.4, 0.5) is 5.69 Å². The highest BCUT2D eigenvalue weighted by molar-refractivity contribution is 7.89. The van der Waals surface area contributed by atoms with Crippen molar-refractivity contribution in [3.8, 4) is 0 Å². The van der Waals surface area contributed by atoms with Crippen LogP contribution >= 0.6 is 0 Å². The van der Waals surface area contributed by atoms with Gasteiger partial charge in [-0.1, -0.05) is 13.0 Å². The van der Waals surface area contributed by atoms with Crippen LogP contribution in [0.5, 0.6) is 0 Å². The van der Waals surface area contributed by atoms with E-state index in [1.165, 1.54) is 5.56 Å². The largest absolute Gasteiger partial charge is 0.385 e. The summed E-state index contributed by atoms with van der Waals surface area (Å²) < 4.78 is 32.8. The van der Waals surface area contributed by atoms with Gasteiger partial charge in [0.25, 0.3) is 0 Å². The first-order valence-electron chi connectivity index (χ1n) is 7.59. The van der Waals surface area contributed by atoms with Crippen LogP contribution in [-0.4, -0.2) is 45.1 Å². The van der Waals surface area contributed by atoms with E-state index in [1.54, 1.807) is 16.4 Å². The second kappa shape index (κ2) is 5.94. The summed E-state index contributed by atoms with van der Waals surface area (Å²) in [5, 5.41) is 3.30. The van der Waals surface area contributed by atoms with Crippen LogP contribution in [-0.2, 0) is 21.2 Å². The van der Waals surface area contributed by atoms with Gasteiger partial charge in [0, 0.05) is 24.8 Å². The molecule has 1 N–H and O–H groups in total. The zero-order valence-corrected chi connectivity index (χ0v) is 13.2. The number of fused-ring (bicyclic) bond motifs is 1. The average molecular weight is 310 g/mol. The van der Waals surface area contributed by atoms with Crippen LogP contribution in [0.2, 0.25) is 0 Å². The van der Waals surface area contributed by atoms with Crippen LogP contribution in [0.25, 0.3) is 0 Å². The molecular weight excluding hydrogens is 288 g/mol. The lowest BCUT2D eigenvalue weighted by Gasteiger charge is -2.34. The Morgan fingerprint density at radius 1 is 1.43 bits per heavy atom. The number of hydrogen-bond acceptors (Lipinski definition) is 4. The summed E-state index contributed by atoms with van der Waals surface area (Å²) in [5.74, 6) is 0. The lowest BCUT2D eigenvalue weighted by Crippen LogP contribution is -2.48. The van der Waals surface area contributed by atoms with Gasteiger partial charge in [0.05, 0.1) is 18.1 Å². The van der Waals surface area contributed by atoms with E-state index in [0.29, 0.717) is 24.7 Å². The van der Waals surface area contributed by atoms with E-state index in [1.807, 2.05) is 13.0 Å². The third-order valence-electron chi connectivity index (χ3n) is 4.27. The summed E-state index contributed by atoms with van der Waals surface area (Å²) in [7, 11) is -3.44. The van der Waals surface area contributed by atoms with Gasteiger partial charge in [-0.3, -0.25) is 0 Å². The van der Waals surface area contributed by atoms with Crippen molar-refractivity contribution in [1.82, 2.24) is 4.31 Å². The maximum atomic E-state index is 12.9. The van der Waals surface area contributed by atoms with Crippen molar-refractivity contribution in [2.45, 2.75) is 37.1 Å². The molecule has 0 bridgehead atoms. The first-order valence-corrected chi connectivity index (χ1v) is 9.03. The van der Waals surface area contributed by atoms with E-state index >= 15 is 0 Å². The molecule has 1 saturated heterocycles. The number of hydrogen-bond donors (Lipinski definition) is 1. The fourth-order valence-electron chi connectivity index (χ4n) is 3.01. The fraction of sp³-hybridized carbons (Fsp3) is 0.600. The van der Waals surface area contributed by atoms with Crippen molar-refractivity contribution in [1.29, 1.82) is 0 Å². The number of morpholine rings is 1. The monoisotopic (exact) mass is 310 g/mol. The van der Waals surface area contributed by atoms with E-state index in [4.69, 9.17) is 4.74 Å². The van der Waals surface area contributed by atoms with E-state index in [9.17, 15) is 8.42 Å². The molecule has 1 atom stereocenters. The first-order chi connectivity index (χ1) is 10.1. The molecule has 1 aromatic carbocycles. The molecule has 1 unspecified atom stereocenters. The molecule has 0 spiro atoms. The van der Waals surface area contributed by atoms with Gasteiger partial charge >= 0.3 is 0 Å². The molecule has 2 aliphatic rings. The SMILES string of the molecule is CCC1COCCN1S(=O)(=O)c1ccc2c(c1)NCCC2. The normalized spacial score (nSPS) is 23.4. The van der Waals surface area contributed by atoms with Gasteiger partial charge in [-0.15, -0.1) is 0 Å². The number of ether oxygens (including phenoxy) is 1. The third kappa shape index (κ3) is 2.80. The fourth-order valence-corrected chi connectivity index (χ4v) is 4.71. The molecule has 116 valence electrons. The lowest BCUT2D eigenvalue weighted by atomic mass is 10.0. The predicted molar refractivity (Wildman–Crippen MR) is 82.0 cm³/mol. The van der Waals surface area contributed by atoms with Crippen LogP contribution in [0, 0.1) is 0 Å². The van der Waals surface area contributed by atoms with Crippen molar-refractivity contribution in [2.75, 3.05) is 31.6 Å². The summed E-state index contributed by atoms with van der Waals surface area (Å²) in [5.41, 5.74) is 2.16. The Balaban J connectivity index is 1.94. The Morgan fingerprint density at radius 3 is 3.10 bits per heavy atom. The molecule has 0 aromatic heterocycles. The van der Waals surface area contributed by atoms with Gasteiger partial charge < -0.3 is 10.1 Å².